The average molecular weight is 261 g/mol. The van der Waals surface area contributed by atoms with Crippen LogP contribution in [0.5, 0.6) is 0 Å². The largest absolute Gasteiger partial charge is 0.355 e. The number of carbonyl (C=O) groups excluding carboxylic acids is 1. The Bertz CT molecular complexity index is 258. The summed E-state index contributed by atoms with van der Waals surface area (Å²) in [4.78, 5) is 11.9. The van der Waals surface area contributed by atoms with Crippen LogP contribution in [-0.2, 0) is 4.79 Å². The van der Waals surface area contributed by atoms with Crippen molar-refractivity contribution in [1.29, 1.82) is 0 Å². The number of hydrogen-bond acceptors (Lipinski definition) is 2. The van der Waals surface area contributed by atoms with Crippen LogP contribution in [0, 0.1) is 17.3 Å². The zero-order valence-corrected chi connectivity index (χ0v) is 11.7. The van der Waals surface area contributed by atoms with Gasteiger partial charge >= 0.3 is 0 Å². The zero-order valence-electron chi connectivity index (χ0n) is 10.9. The predicted octanol–water partition coefficient (Wildman–Crippen LogP) is 1.96. The molecule has 2 rings (SSSR count). The molecule has 17 heavy (non-hydrogen) atoms. The highest BCUT2D eigenvalue weighted by atomic mass is 35.5. The maximum Gasteiger partial charge on any atom is 0.224 e. The molecule has 2 aliphatic rings. The Labute approximate surface area is 111 Å². The van der Waals surface area contributed by atoms with Crippen molar-refractivity contribution in [2.24, 2.45) is 17.3 Å². The van der Waals surface area contributed by atoms with Gasteiger partial charge < -0.3 is 10.6 Å². The van der Waals surface area contributed by atoms with E-state index in [0.29, 0.717) is 5.41 Å². The van der Waals surface area contributed by atoms with Crippen molar-refractivity contribution in [1.82, 2.24) is 10.6 Å². The van der Waals surface area contributed by atoms with Crippen molar-refractivity contribution in [2.45, 2.75) is 39.5 Å². The van der Waals surface area contributed by atoms with Gasteiger partial charge in [0.2, 0.25) is 5.91 Å². The minimum Gasteiger partial charge on any atom is -0.355 e. The van der Waals surface area contributed by atoms with E-state index in [-0.39, 0.29) is 24.2 Å². The second-order valence-corrected chi connectivity index (χ2v) is 6.01. The van der Waals surface area contributed by atoms with Crippen LogP contribution >= 0.6 is 12.4 Å². The van der Waals surface area contributed by atoms with Gasteiger partial charge in [0.05, 0.1) is 5.92 Å². The minimum atomic E-state index is 0. The summed E-state index contributed by atoms with van der Waals surface area (Å²) in [5.74, 6) is 1.22. The summed E-state index contributed by atoms with van der Waals surface area (Å²) in [5.41, 5.74) is 0.454. The van der Waals surface area contributed by atoms with Gasteiger partial charge in [-0.3, -0.25) is 4.79 Å². The standard InChI is InChI=1S/C13H24N2O.ClH/c1-10(2)7-13(4-5-13)9-15-12(16)11-3-6-14-8-11;/h10-11,14H,3-9H2,1-2H3,(H,15,16);1H. The van der Waals surface area contributed by atoms with Crippen molar-refractivity contribution < 1.29 is 4.79 Å². The van der Waals surface area contributed by atoms with Crippen LogP contribution in [0.25, 0.3) is 0 Å². The van der Waals surface area contributed by atoms with Crippen molar-refractivity contribution in [2.75, 3.05) is 19.6 Å². The molecule has 2 N–H and O–H groups in total. The Hall–Kier alpha value is -0.280. The van der Waals surface area contributed by atoms with E-state index in [2.05, 4.69) is 24.5 Å². The molecular formula is C13H25ClN2O. The molecule has 0 radical (unpaired) electrons. The first-order valence-corrected chi connectivity index (χ1v) is 6.60. The maximum atomic E-state index is 11.9. The third kappa shape index (κ3) is 4.14. The molecule has 1 saturated carbocycles. The van der Waals surface area contributed by atoms with E-state index >= 15 is 0 Å². The fourth-order valence-corrected chi connectivity index (χ4v) is 2.79. The molecule has 0 bridgehead atoms. The van der Waals surface area contributed by atoms with Crippen LogP contribution in [-0.4, -0.2) is 25.5 Å². The molecule has 2 fully saturated rings. The SMILES string of the molecule is CC(C)CC1(CNC(=O)C2CCNC2)CC1.Cl. The molecule has 0 aromatic heterocycles. The van der Waals surface area contributed by atoms with Gasteiger partial charge in [0.15, 0.2) is 0 Å². The highest BCUT2D eigenvalue weighted by Gasteiger charge is 2.43. The van der Waals surface area contributed by atoms with Crippen LogP contribution in [0.3, 0.4) is 0 Å². The molecule has 1 unspecified atom stereocenters. The second kappa shape index (κ2) is 6.05. The first kappa shape index (κ1) is 14.8. The zero-order chi connectivity index (χ0) is 11.6. The van der Waals surface area contributed by atoms with E-state index in [0.717, 1.165) is 32.0 Å². The third-order valence-electron chi connectivity index (χ3n) is 3.87. The fourth-order valence-electron chi connectivity index (χ4n) is 2.79. The summed E-state index contributed by atoms with van der Waals surface area (Å²) in [6.07, 6.45) is 4.86. The molecule has 1 saturated heterocycles. The van der Waals surface area contributed by atoms with Crippen LogP contribution in [0.15, 0.2) is 0 Å². The van der Waals surface area contributed by atoms with Gasteiger partial charge in [-0.2, -0.15) is 0 Å². The Morgan fingerprint density at radius 1 is 1.47 bits per heavy atom. The van der Waals surface area contributed by atoms with E-state index in [1.807, 2.05) is 0 Å². The predicted molar refractivity (Wildman–Crippen MR) is 72.4 cm³/mol. The van der Waals surface area contributed by atoms with Crippen molar-refractivity contribution in [3.8, 4) is 0 Å². The van der Waals surface area contributed by atoms with E-state index in [4.69, 9.17) is 0 Å². The first-order valence-electron chi connectivity index (χ1n) is 6.60. The summed E-state index contributed by atoms with van der Waals surface area (Å²) in [6, 6.07) is 0. The monoisotopic (exact) mass is 260 g/mol. The molecule has 1 aliphatic carbocycles. The molecule has 1 amide bonds. The van der Waals surface area contributed by atoms with Crippen molar-refractivity contribution in [3.63, 3.8) is 0 Å². The van der Waals surface area contributed by atoms with Crippen molar-refractivity contribution >= 4 is 18.3 Å². The number of amides is 1. The Kier molecular flexibility index (Phi) is 5.26. The summed E-state index contributed by atoms with van der Waals surface area (Å²) in [7, 11) is 0. The molecule has 100 valence electrons. The lowest BCUT2D eigenvalue weighted by atomic mass is 9.94. The highest BCUT2D eigenvalue weighted by Crippen LogP contribution is 2.50. The molecule has 3 nitrogen and oxygen atoms in total. The van der Waals surface area contributed by atoms with Gasteiger partial charge in [-0.25, -0.2) is 0 Å². The number of carbonyl (C=O) groups is 1. The van der Waals surface area contributed by atoms with E-state index in [1.54, 1.807) is 0 Å². The van der Waals surface area contributed by atoms with Gasteiger partial charge in [-0.1, -0.05) is 13.8 Å². The molecule has 0 aromatic rings. The Balaban J connectivity index is 0.00000144. The minimum absolute atomic E-state index is 0. The summed E-state index contributed by atoms with van der Waals surface area (Å²) >= 11 is 0. The van der Waals surface area contributed by atoms with Crippen LogP contribution < -0.4 is 10.6 Å². The van der Waals surface area contributed by atoms with E-state index in [9.17, 15) is 4.79 Å². The molecule has 1 aliphatic heterocycles. The van der Waals surface area contributed by atoms with Crippen LogP contribution in [0.1, 0.15) is 39.5 Å². The van der Waals surface area contributed by atoms with Crippen LogP contribution in [0.4, 0.5) is 0 Å². The van der Waals surface area contributed by atoms with Gasteiger partial charge in [-0.05, 0) is 43.6 Å². The smallest absolute Gasteiger partial charge is 0.224 e. The quantitative estimate of drug-likeness (QED) is 0.794. The normalized spacial score (nSPS) is 25.5. The Morgan fingerprint density at radius 2 is 2.18 bits per heavy atom. The summed E-state index contributed by atoms with van der Waals surface area (Å²) in [5, 5.41) is 6.39. The lowest BCUT2D eigenvalue weighted by Gasteiger charge is -2.19. The molecule has 0 spiro atoms. The molecule has 0 aromatic carbocycles. The van der Waals surface area contributed by atoms with Gasteiger partial charge in [0.25, 0.3) is 0 Å². The third-order valence-corrected chi connectivity index (χ3v) is 3.87. The molecule has 1 heterocycles. The molecular weight excluding hydrogens is 236 g/mol. The van der Waals surface area contributed by atoms with E-state index < -0.39 is 0 Å². The number of nitrogens with one attached hydrogen (secondary N) is 2. The summed E-state index contributed by atoms with van der Waals surface area (Å²) < 4.78 is 0. The molecule has 1 atom stereocenters. The topological polar surface area (TPSA) is 41.1 Å². The lowest BCUT2D eigenvalue weighted by molar-refractivity contribution is -0.124. The summed E-state index contributed by atoms with van der Waals surface area (Å²) in [6.45, 7) is 7.30. The fraction of sp³-hybridized carbons (Fsp3) is 0.923. The molecule has 4 heteroatoms. The lowest BCUT2D eigenvalue weighted by Crippen LogP contribution is -2.36. The average Bonchev–Trinajstić information content (AvgIpc) is 2.80. The van der Waals surface area contributed by atoms with Gasteiger partial charge in [0.1, 0.15) is 0 Å². The number of hydrogen-bond donors (Lipinski definition) is 2. The van der Waals surface area contributed by atoms with Crippen molar-refractivity contribution in [3.05, 3.63) is 0 Å². The Morgan fingerprint density at radius 3 is 2.65 bits per heavy atom. The van der Waals surface area contributed by atoms with Gasteiger partial charge in [-0.15, -0.1) is 12.4 Å². The van der Waals surface area contributed by atoms with Gasteiger partial charge in [0, 0.05) is 13.1 Å². The first-order chi connectivity index (χ1) is 7.61. The van der Waals surface area contributed by atoms with Crippen LogP contribution in [0.2, 0.25) is 0 Å². The van der Waals surface area contributed by atoms with E-state index in [1.165, 1.54) is 19.3 Å². The maximum absolute atomic E-state index is 11.9. The number of halogens is 1. The number of rotatable bonds is 5. The second-order valence-electron chi connectivity index (χ2n) is 6.01. The highest BCUT2D eigenvalue weighted by molar-refractivity contribution is 5.85.